The molecule has 0 aromatic carbocycles. The Kier molecular flexibility index (Phi) is 7.26. The highest BCUT2D eigenvalue weighted by atomic mass is 16.5. The Morgan fingerprint density at radius 2 is 2.00 bits per heavy atom. The number of nitrogens with one attached hydrogen (secondary N) is 1. The van der Waals surface area contributed by atoms with E-state index in [0.29, 0.717) is 24.7 Å². The number of likely N-dealkylation sites (tertiary alicyclic amines) is 1. The average molecular weight is 361 g/mol. The van der Waals surface area contributed by atoms with E-state index in [4.69, 9.17) is 9.47 Å². The highest BCUT2D eigenvalue weighted by Crippen LogP contribution is 2.26. The molecule has 26 heavy (non-hydrogen) atoms. The van der Waals surface area contributed by atoms with E-state index in [1.54, 1.807) is 25.4 Å². The number of hydrogen-bond donors (Lipinski definition) is 1. The monoisotopic (exact) mass is 361 g/mol. The molecule has 1 aliphatic carbocycles. The minimum Gasteiger partial charge on any atom is -0.475 e. The fraction of sp³-hybridized carbons (Fsp3) is 0.700. The third kappa shape index (κ3) is 5.42. The van der Waals surface area contributed by atoms with Crippen molar-refractivity contribution in [1.29, 1.82) is 0 Å². The number of pyridine rings is 1. The van der Waals surface area contributed by atoms with Crippen LogP contribution in [0.1, 0.15) is 48.9 Å². The largest absolute Gasteiger partial charge is 0.475 e. The molecule has 0 atom stereocenters. The van der Waals surface area contributed by atoms with Gasteiger partial charge in [-0.1, -0.05) is 12.8 Å². The summed E-state index contributed by atoms with van der Waals surface area (Å²) in [4.78, 5) is 19.4. The fourth-order valence-corrected chi connectivity index (χ4v) is 3.98. The number of piperidine rings is 1. The van der Waals surface area contributed by atoms with Crippen molar-refractivity contribution in [3.63, 3.8) is 0 Å². The van der Waals surface area contributed by atoms with Gasteiger partial charge in [-0.25, -0.2) is 4.98 Å². The fourth-order valence-electron chi connectivity index (χ4n) is 3.98. The van der Waals surface area contributed by atoms with Crippen molar-refractivity contribution in [2.45, 2.75) is 44.6 Å². The third-order valence-corrected chi connectivity index (χ3v) is 5.46. The lowest BCUT2D eigenvalue weighted by atomic mass is 10.0. The Labute approximate surface area is 156 Å². The van der Waals surface area contributed by atoms with E-state index in [1.807, 2.05) is 0 Å². The van der Waals surface area contributed by atoms with E-state index in [0.717, 1.165) is 31.8 Å². The van der Waals surface area contributed by atoms with Gasteiger partial charge in [0, 0.05) is 39.0 Å². The molecule has 2 aliphatic rings. The first-order valence-electron chi connectivity index (χ1n) is 9.86. The van der Waals surface area contributed by atoms with Crippen LogP contribution in [0.2, 0.25) is 0 Å². The van der Waals surface area contributed by atoms with Gasteiger partial charge in [0.05, 0.1) is 6.61 Å². The molecule has 2 heterocycles. The molecule has 1 aliphatic heterocycles. The van der Waals surface area contributed by atoms with Gasteiger partial charge in [-0.3, -0.25) is 4.79 Å². The van der Waals surface area contributed by atoms with Gasteiger partial charge >= 0.3 is 0 Å². The topological polar surface area (TPSA) is 63.7 Å². The number of rotatable bonds is 8. The van der Waals surface area contributed by atoms with Crippen molar-refractivity contribution in [2.75, 3.05) is 40.0 Å². The number of amides is 1. The number of ether oxygens (including phenoxy) is 2. The molecule has 0 unspecified atom stereocenters. The van der Waals surface area contributed by atoms with Crippen LogP contribution in [0.5, 0.6) is 5.88 Å². The van der Waals surface area contributed by atoms with E-state index >= 15 is 0 Å². The van der Waals surface area contributed by atoms with Crippen LogP contribution < -0.4 is 10.1 Å². The van der Waals surface area contributed by atoms with Gasteiger partial charge in [0.15, 0.2) is 0 Å². The molecular formula is C20H31N3O3. The summed E-state index contributed by atoms with van der Waals surface area (Å²) in [6.45, 7) is 4.24. The summed E-state index contributed by atoms with van der Waals surface area (Å²) in [5.74, 6) is 1.17. The zero-order valence-electron chi connectivity index (χ0n) is 15.8. The van der Waals surface area contributed by atoms with Gasteiger partial charge in [-0.2, -0.15) is 0 Å². The lowest BCUT2D eigenvalue weighted by molar-refractivity contribution is 0.0897. The molecule has 0 bridgehead atoms. The lowest BCUT2D eigenvalue weighted by Crippen LogP contribution is -2.45. The van der Waals surface area contributed by atoms with Crippen LogP contribution >= 0.6 is 0 Å². The Hall–Kier alpha value is -1.66. The van der Waals surface area contributed by atoms with Crippen LogP contribution in [0.15, 0.2) is 18.3 Å². The summed E-state index contributed by atoms with van der Waals surface area (Å²) in [6, 6.07) is 3.76. The Balaban J connectivity index is 1.46. The van der Waals surface area contributed by atoms with E-state index in [-0.39, 0.29) is 11.9 Å². The average Bonchev–Trinajstić information content (AvgIpc) is 3.17. The van der Waals surface area contributed by atoms with Crippen LogP contribution in [0, 0.1) is 5.92 Å². The summed E-state index contributed by atoms with van der Waals surface area (Å²) in [5, 5.41) is 3.16. The van der Waals surface area contributed by atoms with Crippen molar-refractivity contribution in [3.8, 4) is 5.88 Å². The summed E-state index contributed by atoms with van der Waals surface area (Å²) in [6.07, 6.45) is 9.25. The molecule has 1 N–H and O–H groups in total. The number of nitrogens with zero attached hydrogens (tertiary/aromatic N) is 2. The number of aromatic nitrogens is 1. The van der Waals surface area contributed by atoms with Gasteiger partial charge < -0.3 is 19.7 Å². The highest BCUT2D eigenvalue weighted by molar-refractivity contribution is 5.96. The first-order valence-corrected chi connectivity index (χ1v) is 9.86. The first kappa shape index (κ1) is 19.1. The first-order chi connectivity index (χ1) is 12.8. The Morgan fingerprint density at radius 1 is 1.23 bits per heavy atom. The molecule has 1 aromatic heterocycles. The van der Waals surface area contributed by atoms with Crippen molar-refractivity contribution in [1.82, 2.24) is 15.2 Å². The second-order valence-electron chi connectivity index (χ2n) is 7.40. The van der Waals surface area contributed by atoms with Crippen LogP contribution in [-0.2, 0) is 4.74 Å². The predicted octanol–water partition coefficient (Wildman–Crippen LogP) is 2.49. The zero-order chi connectivity index (χ0) is 18.2. The van der Waals surface area contributed by atoms with Crippen molar-refractivity contribution >= 4 is 5.91 Å². The van der Waals surface area contributed by atoms with Crippen LogP contribution in [0.25, 0.3) is 0 Å². The molecule has 6 heteroatoms. The van der Waals surface area contributed by atoms with Gasteiger partial charge in [-0.15, -0.1) is 0 Å². The zero-order valence-corrected chi connectivity index (χ0v) is 15.8. The van der Waals surface area contributed by atoms with Crippen LogP contribution in [0.4, 0.5) is 0 Å². The standard InChI is InChI=1S/C20H31N3O3/c1-25-13-14-26-20-18(7-4-10-21-20)19(24)22-17-8-11-23(12-9-17)15-16-5-2-3-6-16/h4,7,10,16-17H,2-3,5-6,8-9,11-15H2,1H3,(H,22,24). The molecule has 6 nitrogen and oxygen atoms in total. The highest BCUT2D eigenvalue weighted by Gasteiger charge is 2.25. The van der Waals surface area contributed by atoms with Crippen molar-refractivity contribution in [3.05, 3.63) is 23.9 Å². The molecule has 1 saturated heterocycles. The van der Waals surface area contributed by atoms with Crippen LogP contribution in [-0.4, -0.2) is 61.8 Å². The molecule has 1 amide bonds. The van der Waals surface area contributed by atoms with Crippen molar-refractivity contribution < 1.29 is 14.3 Å². The maximum absolute atomic E-state index is 12.7. The van der Waals surface area contributed by atoms with Crippen molar-refractivity contribution in [2.24, 2.45) is 5.92 Å². The SMILES string of the molecule is COCCOc1ncccc1C(=O)NC1CCN(CC2CCCC2)CC1. The third-order valence-electron chi connectivity index (χ3n) is 5.46. The Bertz CT molecular complexity index is 567. The summed E-state index contributed by atoms with van der Waals surface area (Å²) in [5.41, 5.74) is 0.497. The molecule has 1 saturated carbocycles. The maximum atomic E-state index is 12.7. The lowest BCUT2D eigenvalue weighted by Gasteiger charge is -2.33. The predicted molar refractivity (Wildman–Crippen MR) is 100 cm³/mol. The smallest absolute Gasteiger partial charge is 0.256 e. The minimum atomic E-state index is -0.0974. The minimum absolute atomic E-state index is 0.0974. The molecule has 144 valence electrons. The Morgan fingerprint density at radius 3 is 2.73 bits per heavy atom. The van der Waals surface area contributed by atoms with Gasteiger partial charge in [0.2, 0.25) is 5.88 Å². The number of carbonyl (C=O) groups is 1. The second-order valence-corrected chi connectivity index (χ2v) is 7.40. The molecule has 3 rings (SSSR count). The van der Waals surface area contributed by atoms with E-state index in [1.165, 1.54) is 32.2 Å². The number of carbonyl (C=O) groups excluding carboxylic acids is 1. The number of hydrogen-bond acceptors (Lipinski definition) is 5. The van der Waals surface area contributed by atoms with E-state index in [2.05, 4.69) is 15.2 Å². The molecule has 0 radical (unpaired) electrons. The van der Waals surface area contributed by atoms with Gasteiger partial charge in [0.1, 0.15) is 12.2 Å². The molecule has 0 spiro atoms. The van der Waals surface area contributed by atoms with E-state index in [9.17, 15) is 4.79 Å². The number of methoxy groups -OCH3 is 1. The maximum Gasteiger partial charge on any atom is 0.256 e. The van der Waals surface area contributed by atoms with E-state index < -0.39 is 0 Å². The quantitative estimate of drug-likeness (QED) is 0.721. The summed E-state index contributed by atoms with van der Waals surface area (Å²) >= 11 is 0. The summed E-state index contributed by atoms with van der Waals surface area (Å²) < 4.78 is 10.6. The van der Waals surface area contributed by atoms with Crippen LogP contribution in [0.3, 0.4) is 0 Å². The van der Waals surface area contributed by atoms with Gasteiger partial charge in [0.25, 0.3) is 5.91 Å². The molecule has 2 fully saturated rings. The molecular weight excluding hydrogens is 330 g/mol. The molecule has 1 aromatic rings. The summed E-state index contributed by atoms with van der Waals surface area (Å²) in [7, 11) is 1.62. The second kappa shape index (κ2) is 9.88. The van der Waals surface area contributed by atoms with Gasteiger partial charge in [-0.05, 0) is 43.7 Å². The normalized spacial score (nSPS) is 19.6.